The molecule has 4 fully saturated rings. The molecule has 10 heteroatoms. The molecule has 5 rings (SSSR count). The van der Waals surface area contributed by atoms with Gasteiger partial charge in [0.15, 0.2) is 0 Å². The smallest absolute Gasteiger partial charge is 0.315 e. The van der Waals surface area contributed by atoms with E-state index in [2.05, 4.69) is 34.2 Å². The van der Waals surface area contributed by atoms with Gasteiger partial charge in [0.25, 0.3) is 5.91 Å². The molecule has 10 nitrogen and oxygen atoms in total. The summed E-state index contributed by atoms with van der Waals surface area (Å²) in [6.07, 6.45) is 14.7. The number of nitrogens with zero attached hydrogens (tertiary/aromatic N) is 1. The first kappa shape index (κ1) is 35.6. The number of allylic oxidation sites excluding steroid dienone is 1. The van der Waals surface area contributed by atoms with Crippen LogP contribution in [0.2, 0.25) is 0 Å². The van der Waals surface area contributed by atoms with Crippen LogP contribution in [-0.2, 0) is 25.6 Å². The Labute approximate surface area is 285 Å². The molecule has 0 bridgehead atoms. The number of amides is 5. The molecule has 1 aromatic rings. The SMILES string of the molecule is CC(C)(C)[C@H](NC(=O)NC1(Cc2ccccc2)CCCCC1)C(=O)N1CC[C@H](C=C2CCCC2)[C@H]1C(=O)NC(CC1CC1)C(=O)C(N)=O. The van der Waals surface area contributed by atoms with Gasteiger partial charge in [-0.3, -0.25) is 19.2 Å². The van der Waals surface area contributed by atoms with E-state index in [1.807, 2.05) is 39.0 Å². The second-order valence-electron chi connectivity index (χ2n) is 15.8. The summed E-state index contributed by atoms with van der Waals surface area (Å²) < 4.78 is 0. The fourth-order valence-corrected chi connectivity index (χ4v) is 8.00. The van der Waals surface area contributed by atoms with Crippen molar-refractivity contribution in [2.24, 2.45) is 23.0 Å². The minimum Gasteiger partial charge on any atom is -0.363 e. The lowest BCUT2D eigenvalue weighted by Gasteiger charge is -2.40. The zero-order valence-corrected chi connectivity index (χ0v) is 29.0. The summed E-state index contributed by atoms with van der Waals surface area (Å²) >= 11 is 0. The number of ketones is 1. The molecule has 0 aromatic heterocycles. The molecule has 5 N–H and O–H groups in total. The Morgan fingerprint density at radius 1 is 0.938 bits per heavy atom. The summed E-state index contributed by atoms with van der Waals surface area (Å²) in [7, 11) is 0. The highest BCUT2D eigenvalue weighted by Gasteiger charge is 2.47. The molecule has 1 aliphatic heterocycles. The number of carbonyl (C=O) groups is 5. The van der Waals surface area contributed by atoms with Gasteiger partial charge in [-0.2, -0.15) is 0 Å². The Balaban J connectivity index is 1.37. The number of nitrogens with one attached hydrogen (secondary N) is 3. The predicted octanol–water partition coefficient (Wildman–Crippen LogP) is 4.70. The third-order valence-electron chi connectivity index (χ3n) is 10.8. The molecule has 4 aliphatic rings. The highest BCUT2D eigenvalue weighted by molar-refractivity contribution is 6.37. The van der Waals surface area contributed by atoms with Crippen molar-refractivity contribution in [2.45, 2.75) is 134 Å². The van der Waals surface area contributed by atoms with Crippen molar-refractivity contribution in [1.29, 1.82) is 0 Å². The fourth-order valence-electron chi connectivity index (χ4n) is 8.00. The van der Waals surface area contributed by atoms with Crippen LogP contribution >= 0.6 is 0 Å². The number of primary amides is 1. The predicted molar refractivity (Wildman–Crippen MR) is 185 cm³/mol. The molecule has 1 heterocycles. The maximum Gasteiger partial charge on any atom is 0.315 e. The molecule has 262 valence electrons. The van der Waals surface area contributed by atoms with Crippen molar-refractivity contribution >= 4 is 29.5 Å². The first-order valence-electron chi connectivity index (χ1n) is 18.1. The van der Waals surface area contributed by atoms with Crippen LogP contribution in [0.5, 0.6) is 0 Å². The van der Waals surface area contributed by atoms with E-state index in [-0.39, 0.29) is 23.8 Å². The van der Waals surface area contributed by atoms with Crippen LogP contribution < -0.4 is 21.7 Å². The topological polar surface area (TPSA) is 151 Å². The van der Waals surface area contributed by atoms with Crippen molar-refractivity contribution < 1.29 is 24.0 Å². The summed E-state index contributed by atoms with van der Waals surface area (Å²) in [5.74, 6) is -2.64. The average molecular weight is 662 g/mol. The molecule has 48 heavy (non-hydrogen) atoms. The zero-order chi connectivity index (χ0) is 34.5. The van der Waals surface area contributed by atoms with Gasteiger partial charge in [-0.1, -0.05) is 94.9 Å². The molecule has 3 saturated carbocycles. The molecule has 5 amide bonds. The van der Waals surface area contributed by atoms with Gasteiger partial charge in [0.2, 0.25) is 17.6 Å². The van der Waals surface area contributed by atoms with Gasteiger partial charge in [-0.25, -0.2) is 4.79 Å². The summed E-state index contributed by atoms with van der Waals surface area (Å²) in [5, 5.41) is 9.19. The first-order valence-corrected chi connectivity index (χ1v) is 18.1. The molecule has 3 aliphatic carbocycles. The van der Waals surface area contributed by atoms with E-state index in [9.17, 15) is 24.0 Å². The number of likely N-dealkylation sites (tertiary alicyclic amines) is 1. The minimum absolute atomic E-state index is 0.238. The number of rotatable bonds is 12. The van der Waals surface area contributed by atoms with Gasteiger partial charge in [0, 0.05) is 18.0 Å². The van der Waals surface area contributed by atoms with Crippen LogP contribution in [0.25, 0.3) is 0 Å². The number of urea groups is 1. The second-order valence-corrected chi connectivity index (χ2v) is 15.8. The van der Waals surface area contributed by atoms with Crippen LogP contribution in [0.3, 0.4) is 0 Å². The van der Waals surface area contributed by atoms with Gasteiger partial charge < -0.3 is 26.6 Å². The van der Waals surface area contributed by atoms with Gasteiger partial charge in [0.1, 0.15) is 12.1 Å². The molecular weight excluding hydrogens is 606 g/mol. The summed E-state index contributed by atoms with van der Waals surface area (Å²) in [6.45, 7) is 6.08. The Morgan fingerprint density at radius 2 is 1.60 bits per heavy atom. The number of Topliss-reactive ketones (excluding diaryl/α,β-unsaturated/α-hetero) is 1. The Kier molecular flexibility index (Phi) is 11.3. The highest BCUT2D eigenvalue weighted by atomic mass is 16.2. The van der Waals surface area contributed by atoms with E-state index < -0.39 is 46.7 Å². The Bertz CT molecular complexity index is 1370. The number of benzene rings is 1. The second kappa shape index (κ2) is 15.2. The molecule has 1 aromatic carbocycles. The normalized spacial score (nSPS) is 23.6. The number of carbonyl (C=O) groups excluding carboxylic acids is 5. The van der Waals surface area contributed by atoms with Crippen LogP contribution in [0.1, 0.15) is 110 Å². The quantitative estimate of drug-likeness (QED) is 0.189. The largest absolute Gasteiger partial charge is 0.363 e. The van der Waals surface area contributed by atoms with Crippen molar-refractivity contribution in [2.75, 3.05) is 6.54 Å². The first-order chi connectivity index (χ1) is 22.8. The molecular formula is C38H55N5O5. The summed E-state index contributed by atoms with van der Waals surface area (Å²) in [4.78, 5) is 68.7. The lowest BCUT2D eigenvalue weighted by Crippen LogP contribution is -2.63. The zero-order valence-electron chi connectivity index (χ0n) is 29.0. The van der Waals surface area contributed by atoms with Crippen molar-refractivity contribution in [3.8, 4) is 0 Å². The number of hydrogen-bond acceptors (Lipinski definition) is 5. The summed E-state index contributed by atoms with van der Waals surface area (Å²) in [6, 6.07) is 7.00. The monoisotopic (exact) mass is 661 g/mol. The number of hydrogen-bond donors (Lipinski definition) is 4. The molecule has 0 spiro atoms. The van der Waals surface area contributed by atoms with Gasteiger partial charge in [-0.05, 0) is 74.7 Å². The Morgan fingerprint density at radius 3 is 2.21 bits per heavy atom. The highest BCUT2D eigenvalue weighted by Crippen LogP contribution is 2.36. The van der Waals surface area contributed by atoms with Crippen LogP contribution in [0, 0.1) is 17.3 Å². The molecule has 1 saturated heterocycles. The van der Waals surface area contributed by atoms with E-state index in [1.165, 1.54) is 5.57 Å². The van der Waals surface area contributed by atoms with E-state index >= 15 is 0 Å². The van der Waals surface area contributed by atoms with E-state index in [0.717, 1.165) is 76.2 Å². The van der Waals surface area contributed by atoms with Crippen LogP contribution in [0.15, 0.2) is 42.0 Å². The third kappa shape index (κ3) is 9.05. The van der Waals surface area contributed by atoms with Crippen molar-refractivity contribution in [1.82, 2.24) is 20.9 Å². The van der Waals surface area contributed by atoms with Gasteiger partial charge in [-0.15, -0.1) is 0 Å². The third-order valence-corrected chi connectivity index (χ3v) is 10.8. The standard InChI is InChI=1S/C38H55N5O5/c1-37(2,3)32(41-36(48)42-38(19-10-5-11-20-38)24-27-14-6-4-7-15-27)35(47)43-21-18-28(22-25-12-8-9-13-25)30(43)34(46)40-29(23-26-16-17-26)31(44)33(39)45/h4,6-7,14-15,22,26,28-30,32H,5,8-13,16-21,23-24H2,1-3H3,(H2,39,45)(H,40,46)(H2,41,42,48)/t28-,29?,30+,32-/m1/s1. The van der Waals surface area contributed by atoms with Crippen molar-refractivity contribution in [3.05, 3.63) is 47.5 Å². The minimum atomic E-state index is -1.07. The Hall–Kier alpha value is -3.69. The maximum absolute atomic E-state index is 14.5. The fraction of sp³-hybridized carbons (Fsp3) is 0.658. The number of nitrogens with two attached hydrogens (primary N) is 1. The van der Waals surface area contributed by atoms with Gasteiger partial charge in [0.05, 0.1) is 6.04 Å². The molecule has 1 unspecified atom stereocenters. The van der Waals surface area contributed by atoms with Crippen LogP contribution in [-0.4, -0.2) is 64.6 Å². The van der Waals surface area contributed by atoms with Gasteiger partial charge >= 0.3 is 6.03 Å². The maximum atomic E-state index is 14.5. The average Bonchev–Trinajstić information content (AvgIpc) is 3.52. The molecule has 4 atom stereocenters. The van der Waals surface area contributed by atoms with E-state index in [1.54, 1.807) is 4.90 Å². The van der Waals surface area contributed by atoms with Crippen LogP contribution in [0.4, 0.5) is 4.79 Å². The van der Waals surface area contributed by atoms with E-state index in [4.69, 9.17) is 5.73 Å². The van der Waals surface area contributed by atoms with E-state index in [0.29, 0.717) is 25.8 Å². The molecule has 0 radical (unpaired) electrons. The lowest BCUT2D eigenvalue weighted by atomic mass is 9.77. The lowest BCUT2D eigenvalue weighted by molar-refractivity contribution is -0.144. The summed E-state index contributed by atoms with van der Waals surface area (Å²) in [5.41, 5.74) is 6.74. The van der Waals surface area contributed by atoms with Crippen molar-refractivity contribution in [3.63, 3.8) is 0 Å².